The van der Waals surface area contributed by atoms with E-state index in [9.17, 15) is 4.79 Å². The van der Waals surface area contributed by atoms with Crippen molar-refractivity contribution in [1.82, 2.24) is 19.2 Å². The van der Waals surface area contributed by atoms with Crippen molar-refractivity contribution in [3.05, 3.63) is 220 Å². The maximum Gasteiger partial charge on any atom is 0.355 e. The number of nitrogens with zero attached hydrogens (tertiary/aromatic N) is 4. The molecule has 0 atom stereocenters. The molecule has 70 heavy (non-hydrogen) atoms. The number of pyridine rings is 1. The van der Waals surface area contributed by atoms with Gasteiger partial charge < -0.3 is 18.2 Å². The van der Waals surface area contributed by atoms with Crippen LogP contribution in [0, 0.1) is 6.92 Å². The average Bonchev–Trinajstić information content (AvgIpc) is 3.91. The van der Waals surface area contributed by atoms with Crippen LogP contribution in [0.25, 0.3) is 16.7 Å². The van der Waals surface area contributed by atoms with Gasteiger partial charge in [0.1, 0.15) is 18.1 Å². The molecule has 0 amide bonds. The van der Waals surface area contributed by atoms with E-state index in [0.29, 0.717) is 47.0 Å². The molecule has 3 heterocycles. The van der Waals surface area contributed by atoms with Gasteiger partial charge in [0.05, 0.1) is 24.2 Å². The third-order valence-electron chi connectivity index (χ3n) is 13.3. The van der Waals surface area contributed by atoms with Crippen LogP contribution < -0.4 is 20.7 Å². The monoisotopic (exact) mass is 1000 g/mol. The molecule has 0 radical (unpaired) electrons. The molecule has 0 fully saturated rings. The van der Waals surface area contributed by atoms with Crippen molar-refractivity contribution in [2.24, 2.45) is 0 Å². The van der Waals surface area contributed by atoms with E-state index in [4.69, 9.17) is 36.8 Å². The van der Waals surface area contributed by atoms with Crippen molar-refractivity contribution in [3.63, 3.8) is 0 Å². The topological polar surface area (TPSA) is 79.9 Å². The zero-order chi connectivity index (χ0) is 49.3. The normalized spacial score (nSPS) is 12.5. The maximum atomic E-state index is 14.5. The van der Waals surface area contributed by atoms with E-state index in [-0.39, 0.29) is 16.7 Å². The summed E-state index contributed by atoms with van der Waals surface area (Å²) in [4.78, 5) is 14.5. The minimum Gasteiger partial charge on any atom is -0.456 e. The number of esters is 1. The predicted molar refractivity (Wildman–Crippen MR) is 289 cm³/mol. The zero-order valence-electron chi connectivity index (χ0n) is 40.7. The first-order valence-corrected chi connectivity index (χ1v) is 28.2. The van der Waals surface area contributed by atoms with E-state index in [2.05, 4.69) is 155 Å². The summed E-state index contributed by atoms with van der Waals surface area (Å²) < 4.78 is 24.7. The molecule has 0 unspecified atom stereocenters. The molecule has 9 rings (SSSR count). The first kappa shape index (κ1) is 48.9. The molecule has 0 saturated heterocycles. The summed E-state index contributed by atoms with van der Waals surface area (Å²) >= 11 is 13.8. The number of rotatable bonds is 15. The molecular weight excluding hydrogens is 944 g/mol. The Morgan fingerprint density at radius 1 is 0.514 bits per heavy atom. The fraction of sp³-hybridized carbons (Fsp3) is 0.224. The van der Waals surface area contributed by atoms with Gasteiger partial charge in [-0.25, -0.2) is 4.79 Å². The lowest BCUT2D eigenvalue weighted by atomic mass is 10.1. The fourth-order valence-corrected chi connectivity index (χ4v) is 19.9. The lowest BCUT2D eigenvalue weighted by molar-refractivity contribution is 0.0461. The number of halogens is 2. The quantitative estimate of drug-likeness (QED) is 0.0752. The van der Waals surface area contributed by atoms with E-state index in [0.717, 1.165) is 33.3 Å². The van der Waals surface area contributed by atoms with Gasteiger partial charge in [-0.05, 0) is 102 Å². The standard InChI is InChI=1S/C58H58Cl2N4O4Si2/c1-41-61-62-55-29-28-52-53(64(41)55)36-54(63(52)37-42-30-44(34-46(59)32-42)39-67-69(57(2,3)4,48-20-12-8-13-21-48)49-22-14-9-15-23-49)56(65)66-38-43-31-45(35-47(60)33-43)40-68-70(58(5,6)7,50-24-16-10-17-25-50)51-26-18-11-19-27-51/h8-36H,37-40H2,1-7H3. The van der Waals surface area contributed by atoms with Crippen LogP contribution in [0.1, 0.15) is 80.1 Å². The number of ether oxygens (including phenoxy) is 1. The summed E-state index contributed by atoms with van der Waals surface area (Å²) in [7, 11) is -5.68. The third kappa shape index (κ3) is 9.56. The van der Waals surface area contributed by atoms with E-state index in [1.54, 1.807) is 0 Å². The number of hydrogen-bond acceptors (Lipinski definition) is 6. The average molecular weight is 1000 g/mol. The van der Waals surface area contributed by atoms with Crippen molar-refractivity contribution < 1.29 is 18.4 Å². The summed E-state index contributed by atoms with van der Waals surface area (Å²) in [5.41, 5.74) is 6.14. The Hall–Kier alpha value is -6.12. The van der Waals surface area contributed by atoms with Gasteiger partial charge in [-0.3, -0.25) is 4.40 Å². The molecule has 8 nitrogen and oxygen atoms in total. The Labute approximate surface area is 423 Å². The van der Waals surface area contributed by atoms with Gasteiger partial charge in [0.15, 0.2) is 5.65 Å². The number of fused-ring (bicyclic) bond motifs is 3. The minimum absolute atomic E-state index is 0.00486. The zero-order valence-corrected chi connectivity index (χ0v) is 44.3. The molecule has 0 saturated carbocycles. The first-order valence-electron chi connectivity index (χ1n) is 23.7. The molecule has 6 aromatic carbocycles. The van der Waals surface area contributed by atoms with Crippen molar-refractivity contribution in [1.29, 1.82) is 0 Å². The molecule has 0 bridgehead atoms. The van der Waals surface area contributed by atoms with E-state index < -0.39 is 22.6 Å². The molecule has 0 aliphatic rings. The van der Waals surface area contributed by atoms with Gasteiger partial charge in [-0.1, -0.05) is 198 Å². The highest BCUT2D eigenvalue weighted by Crippen LogP contribution is 2.39. The van der Waals surface area contributed by atoms with Gasteiger partial charge in [0.2, 0.25) is 0 Å². The van der Waals surface area contributed by atoms with E-state index >= 15 is 0 Å². The second-order valence-corrected chi connectivity index (χ2v) is 29.6. The summed E-state index contributed by atoms with van der Waals surface area (Å²) in [5, 5.41) is 14.2. The van der Waals surface area contributed by atoms with Crippen molar-refractivity contribution in [2.45, 2.75) is 84.9 Å². The van der Waals surface area contributed by atoms with Crippen LogP contribution in [-0.2, 0) is 40.0 Å². The van der Waals surface area contributed by atoms with Crippen molar-refractivity contribution >= 4 is 83.2 Å². The summed E-state index contributed by atoms with van der Waals surface area (Å²) in [6.07, 6.45) is 0. The molecular formula is C58H58Cl2N4O4Si2. The van der Waals surface area contributed by atoms with E-state index in [1.165, 1.54) is 20.7 Å². The highest BCUT2D eigenvalue weighted by molar-refractivity contribution is 7.00. The second kappa shape index (κ2) is 19.9. The van der Waals surface area contributed by atoms with Crippen LogP contribution in [0.15, 0.2) is 176 Å². The molecule has 3 aromatic heterocycles. The molecule has 12 heteroatoms. The van der Waals surface area contributed by atoms with E-state index in [1.807, 2.05) is 88.7 Å². The number of benzene rings is 6. The summed E-state index contributed by atoms with van der Waals surface area (Å²) in [6, 6.07) is 59.9. The Balaban J connectivity index is 1.01. The Kier molecular flexibility index (Phi) is 13.9. The van der Waals surface area contributed by atoms with Crippen LogP contribution in [0.3, 0.4) is 0 Å². The highest BCUT2D eigenvalue weighted by atomic mass is 35.5. The number of aryl methyl sites for hydroxylation is 1. The van der Waals surface area contributed by atoms with Gasteiger partial charge in [0.25, 0.3) is 16.6 Å². The molecule has 0 N–H and O–H groups in total. The highest BCUT2D eigenvalue weighted by Gasteiger charge is 2.51. The van der Waals surface area contributed by atoms with Gasteiger partial charge in [-0.15, -0.1) is 10.2 Å². The fourth-order valence-electron chi connectivity index (χ4n) is 10.3. The number of carbonyl (C=O) groups excluding carboxylic acids is 1. The molecule has 356 valence electrons. The van der Waals surface area contributed by atoms with Crippen LogP contribution in [0.2, 0.25) is 20.1 Å². The molecule has 0 aliphatic heterocycles. The van der Waals surface area contributed by atoms with Crippen LogP contribution in [0.5, 0.6) is 0 Å². The number of aromatic nitrogens is 4. The predicted octanol–water partition coefficient (Wildman–Crippen LogP) is 11.9. The third-order valence-corrected chi connectivity index (χ3v) is 23.7. The molecule has 9 aromatic rings. The lowest BCUT2D eigenvalue weighted by Gasteiger charge is -2.43. The Morgan fingerprint density at radius 2 is 0.929 bits per heavy atom. The van der Waals surface area contributed by atoms with Crippen LogP contribution in [0.4, 0.5) is 0 Å². The number of carbonyl (C=O) groups is 1. The van der Waals surface area contributed by atoms with Gasteiger partial charge in [0, 0.05) is 16.6 Å². The SMILES string of the molecule is Cc1nnc2ccc3c(cc(C(=O)OCc4cc(Cl)cc(CO[Si](c5ccccc5)(c5ccccc5)C(C)(C)C)c4)n3Cc3cc(Cl)cc(CO[Si](c4ccccc4)(c4ccccc4)C(C)(C)C)c3)n12. The lowest BCUT2D eigenvalue weighted by Crippen LogP contribution is -2.66. The van der Waals surface area contributed by atoms with Crippen molar-refractivity contribution in [2.75, 3.05) is 0 Å². The Bertz CT molecular complexity index is 3200. The first-order chi connectivity index (χ1) is 33.6. The van der Waals surface area contributed by atoms with Crippen LogP contribution in [-0.4, -0.2) is 41.8 Å². The smallest absolute Gasteiger partial charge is 0.355 e. The second-order valence-electron chi connectivity index (χ2n) is 20.1. The summed E-state index contributed by atoms with van der Waals surface area (Å²) in [6.45, 7) is 16.5. The molecule has 0 spiro atoms. The van der Waals surface area contributed by atoms with Crippen molar-refractivity contribution in [3.8, 4) is 0 Å². The van der Waals surface area contributed by atoms with Gasteiger partial charge >= 0.3 is 5.97 Å². The Morgan fingerprint density at radius 3 is 1.37 bits per heavy atom. The minimum atomic E-state index is -2.85. The maximum absolute atomic E-state index is 14.5. The summed E-state index contributed by atoms with van der Waals surface area (Å²) in [5.74, 6) is 0.215. The molecule has 0 aliphatic carbocycles. The number of hydrogen-bond donors (Lipinski definition) is 0. The largest absolute Gasteiger partial charge is 0.456 e. The van der Waals surface area contributed by atoms with Crippen LogP contribution >= 0.6 is 23.2 Å². The van der Waals surface area contributed by atoms with Gasteiger partial charge in [-0.2, -0.15) is 0 Å².